The molecule has 1 N–H and O–H groups in total. The van der Waals surface area contributed by atoms with Crippen molar-refractivity contribution in [2.45, 2.75) is 53.4 Å². The molecule has 1 rings (SSSR count). The summed E-state index contributed by atoms with van der Waals surface area (Å²) < 4.78 is 5.66. The van der Waals surface area contributed by atoms with Crippen molar-refractivity contribution < 1.29 is 4.74 Å². The van der Waals surface area contributed by atoms with Gasteiger partial charge in [0.15, 0.2) is 0 Å². The Morgan fingerprint density at radius 2 is 2.06 bits per heavy atom. The van der Waals surface area contributed by atoms with Gasteiger partial charge in [-0.1, -0.05) is 27.7 Å². The number of hydrogen-bond acceptors (Lipinski definition) is 2. The molecule has 2 nitrogen and oxygen atoms in total. The van der Waals surface area contributed by atoms with Gasteiger partial charge >= 0.3 is 0 Å². The van der Waals surface area contributed by atoms with Crippen molar-refractivity contribution >= 4 is 0 Å². The third-order valence-corrected chi connectivity index (χ3v) is 3.77. The fourth-order valence-electron chi connectivity index (χ4n) is 3.18. The molecule has 1 heterocycles. The molecular formula is C15H31NO. The van der Waals surface area contributed by atoms with Gasteiger partial charge in [-0.25, -0.2) is 0 Å². The first-order chi connectivity index (χ1) is 8.08. The summed E-state index contributed by atoms with van der Waals surface area (Å²) in [5, 5.41) is 3.60. The van der Waals surface area contributed by atoms with E-state index in [9.17, 15) is 0 Å². The van der Waals surface area contributed by atoms with Crippen LogP contribution in [-0.4, -0.2) is 26.3 Å². The first-order valence-electron chi connectivity index (χ1n) is 7.36. The molecule has 0 aromatic heterocycles. The third kappa shape index (κ3) is 5.39. The molecule has 0 amide bonds. The summed E-state index contributed by atoms with van der Waals surface area (Å²) in [6.07, 6.45) is 5.13. The molecule has 0 saturated carbocycles. The van der Waals surface area contributed by atoms with Crippen LogP contribution in [0.4, 0.5) is 0 Å². The summed E-state index contributed by atoms with van der Waals surface area (Å²) in [6.45, 7) is 13.5. The number of ether oxygens (including phenoxy) is 1. The second-order valence-electron chi connectivity index (χ2n) is 6.42. The zero-order valence-electron chi connectivity index (χ0n) is 12.2. The largest absolute Gasteiger partial charge is 0.381 e. The van der Waals surface area contributed by atoms with Crippen molar-refractivity contribution in [3.63, 3.8) is 0 Å². The fourth-order valence-corrected chi connectivity index (χ4v) is 3.18. The van der Waals surface area contributed by atoms with Crippen LogP contribution in [0.15, 0.2) is 0 Å². The van der Waals surface area contributed by atoms with E-state index in [2.05, 4.69) is 33.0 Å². The van der Waals surface area contributed by atoms with Crippen LogP contribution >= 0.6 is 0 Å². The van der Waals surface area contributed by atoms with Gasteiger partial charge in [-0.3, -0.25) is 0 Å². The second kappa shape index (κ2) is 7.38. The summed E-state index contributed by atoms with van der Waals surface area (Å²) in [5.74, 6) is 1.63. The number of hydrogen-bond donors (Lipinski definition) is 1. The van der Waals surface area contributed by atoms with Gasteiger partial charge in [-0.15, -0.1) is 0 Å². The Hall–Kier alpha value is -0.0800. The van der Waals surface area contributed by atoms with E-state index in [0.29, 0.717) is 5.41 Å². The standard InChI is InChI=1S/C15H31NO/c1-5-7-16-11-15(6-8-17-12-15)10-14(4)9-13(2)3/h13-14,16H,5-12H2,1-4H3. The Morgan fingerprint density at radius 1 is 1.29 bits per heavy atom. The summed E-state index contributed by atoms with van der Waals surface area (Å²) in [7, 11) is 0. The van der Waals surface area contributed by atoms with Crippen molar-refractivity contribution in [1.82, 2.24) is 5.32 Å². The Balaban J connectivity index is 2.41. The minimum absolute atomic E-state index is 0.420. The van der Waals surface area contributed by atoms with E-state index in [0.717, 1.165) is 38.1 Å². The second-order valence-corrected chi connectivity index (χ2v) is 6.42. The topological polar surface area (TPSA) is 21.3 Å². The normalized spacial score (nSPS) is 26.6. The lowest BCUT2D eigenvalue weighted by Gasteiger charge is -2.31. The number of nitrogens with one attached hydrogen (secondary N) is 1. The fraction of sp³-hybridized carbons (Fsp3) is 1.00. The van der Waals surface area contributed by atoms with E-state index in [-0.39, 0.29) is 0 Å². The average molecular weight is 241 g/mol. The molecule has 0 aliphatic carbocycles. The Morgan fingerprint density at radius 3 is 2.59 bits per heavy atom. The van der Waals surface area contributed by atoms with Crippen LogP contribution in [0.25, 0.3) is 0 Å². The minimum atomic E-state index is 0.420. The molecule has 0 spiro atoms. The molecule has 2 heteroatoms. The maximum absolute atomic E-state index is 5.66. The van der Waals surface area contributed by atoms with Crippen LogP contribution in [-0.2, 0) is 4.74 Å². The lowest BCUT2D eigenvalue weighted by atomic mass is 9.77. The van der Waals surface area contributed by atoms with E-state index in [1.807, 2.05) is 0 Å². The van der Waals surface area contributed by atoms with Crippen LogP contribution in [0, 0.1) is 17.3 Å². The Kier molecular flexibility index (Phi) is 6.50. The van der Waals surface area contributed by atoms with Gasteiger partial charge in [0.25, 0.3) is 0 Å². The summed E-state index contributed by atoms with van der Waals surface area (Å²) in [6, 6.07) is 0. The molecule has 0 bridgehead atoms. The van der Waals surface area contributed by atoms with Gasteiger partial charge in [0, 0.05) is 18.6 Å². The predicted molar refractivity (Wildman–Crippen MR) is 74.3 cm³/mol. The molecular weight excluding hydrogens is 210 g/mol. The smallest absolute Gasteiger partial charge is 0.0535 e. The van der Waals surface area contributed by atoms with Crippen molar-refractivity contribution in [2.75, 3.05) is 26.3 Å². The first-order valence-corrected chi connectivity index (χ1v) is 7.36. The summed E-state index contributed by atoms with van der Waals surface area (Å²) in [4.78, 5) is 0. The van der Waals surface area contributed by atoms with Crippen molar-refractivity contribution in [3.8, 4) is 0 Å². The lowest BCUT2D eigenvalue weighted by Crippen LogP contribution is -2.36. The highest BCUT2D eigenvalue weighted by atomic mass is 16.5. The van der Waals surface area contributed by atoms with Crippen LogP contribution in [0.5, 0.6) is 0 Å². The predicted octanol–water partition coefficient (Wildman–Crippen LogP) is 3.47. The van der Waals surface area contributed by atoms with Crippen LogP contribution in [0.1, 0.15) is 53.4 Å². The maximum atomic E-state index is 5.66. The molecule has 2 unspecified atom stereocenters. The zero-order chi connectivity index (χ0) is 12.7. The van der Waals surface area contributed by atoms with Crippen molar-refractivity contribution in [3.05, 3.63) is 0 Å². The molecule has 0 aromatic carbocycles. The molecule has 2 atom stereocenters. The van der Waals surface area contributed by atoms with Gasteiger partial charge < -0.3 is 10.1 Å². The van der Waals surface area contributed by atoms with Crippen LogP contribution in [0.2, 0.25) is 0 Å². The average Bonchev–Trinajstić information content (AvgIpc) is 2.65. The Labute approximate surface area is 108 Å². The van der Waals surface area contributed by atoms with E-state index in [1.54, 1.807) is 0 Å². The SMILES string of the molecule is CCCNCC1(CC(C)CC(C)C)CCOC1. The van der Waals surface area contributed by atoms with E-state index >= 15 is 0 Å². The van der Waals surface area contributed by atoms with Crippen molar-refractivity contribution in [1.29, 1.82) is 0 Å². The minimum Gasteiger partial charge on any atom is -0.381 e. The van der Waals surface area contributed by atoms with E-state index in [1.165, 1.54) is 25.7 Å². The Bertz CT molecular complexity index is 197. The van der Waals surface area contributed by atoms with E-state index in [4.69, 9.17) is 4.74 Å². The van der Waals surface area contributed by atoms with E-state index < -0.39 is 0 Å². The van der Waals surface area contributed by atoms with Crippen molar-refractivity contribution in [2.24, 2.45) is 17.3 Å². The highest BCUT2D eigenvalue weighted by Crippen LogP contribution is 2.36. The van der Waals surface area contributed by atoms with Gasteiger partial charge in [-0.2, -0.15) is 0 Å². The molecule has 1 aliphatic rings. The summed E-state index contributed by atoms with van der Waals surface area (Å²) in [5.41, 5.74) is 0.420. The highest BCUT2D eigenvalue weighted by Gasteiger charge is 2.35. The van der Waals surface area contributed by atoms with Gasteiger partial charge in [0.2, 0.25) is 0 Å². The monoisotopic (exact) mass is 241 g/mol. The molecule has 1 saturated heterocycles. The molecule has 1 fully saturated rings. The highest BCUT2D eigenvalue weighted by molar-refractivity contribution is 4.87. The molecule has 102 valence electrons. The van der Waals surface area contributed by atoms with Crippen LogP contribution in [0.3, 0.4) is 0 Å². The summed E-state index contributed by atoms with van der Waals surface area (Å²) >= 11 is 0. The molecule has 17 heavy (non-hydrogen) atoms. The lowest BCUT2D eigenvalue weighted by molar-refractivity contribution is 0.129. The first kappa shape index (κ1) is 15.0. The third-order valence-electron chi connectivity index (χ3n) is 3.77. The van der Waals surface area contributed by atoms with Gasteiger partial charge in [0.05, 0.1) is 6.61 Å². The van der Waals surface area contributed by atoms with Crippen LogP contribution < -0.4 is 5.32 Å². The zero-order valence-corrected chi connectivity index (χ0v) is 12.2. The molecule has 0 aromatic rings. The maximum Gasteiger partial charge on any atom is 0.0535 e. The van der Waals surface area contributed by atoms with Gasteiger partial charge in [0.1, 0.15) is 0 Å². The molecule has 1 aliphatic heterocycles. The molecule has 0 radical (unpaired) electrons. The quantitative estimate of drug-likeness (QED) is 0.657. The number of rotatable bonds is 8. The van der Waals surface area contributed by atoms with Gasteiger partial charge in [-0.05, 0) is 44.1 Å².